The van der Waals surface area contributed by atoms with Crippen LogP contribution in [0.15, 0.2) is 45.7 Å². The Labute approximate surface area is 169 Å². The van der Waals surface area contributed by atoms with E-state index >= 15 is 0 Å². The second-order valence-corrected chi connectivity index (χ2v) is 8.61. The van der Waals surface area contributed by atoms with Gasteiger partial charge in [0.15, 0.2) is 5.58 Å². The third-order valence-corrected chi connectivity index (χ3v) is 6.60. The molecule has 8 heteroatoms. The van der Waals surface area contributed by atoms with E-state index in [1.807, 2.05) is 12.1 Å². The summed E-state index contributed by atoms with van der Waals surface area (Å²) in [6.07, 6.45) is 0. The maximum Gasteiger partial charge on any atom is 0.235 e. The van der Waals surface area contributed by atoms with Gasteiger partial charge in [-0.05, 0) is 24.3 Å². The lowest BCUT2D eigenvalue weighted by molar-refractivity contribution is -0.136. The van der Waals surface area contributed by atoms with Gasteiger partial charge in [-0.25, -0.2) is 0 Å². The molecule has 0 saturated carbocycles. The number of nitrogens with zero attached hydrogens (tertiary/aromatic N) is 2. The Balaban J connectivity index is 1.51. The molecule has 0 N–H and O–H groups in total. The molecule has 6 nitrogen and oxygen atoms in total. The van der Waals surface area contributed by atoms with Gasteiger partial charge in [-0.2, -0.15) is 0 Å². The summed E-state index contributed by atoms with van der Waals surface area (Å²) in [5.41, 5.74) is 1.26. The molecule has 3 aromatic rings. The second-order valence-electron chi connectivity index (χ2n) is 6.75. The second kappa shape index (κ2) is 7.56. The lowest BCUT2D eigenvalue weighted by atomic mass is 10.1. The third-order valence-electron chi connectivity index (χ3n) is 5.02. The lowest BCUT2D eigenvalue weighted by Gasteiger charge is -2.34. The van der Waals surface area contributed by atoms with E-state index in [1.165, 1.54) is 6.92 Å². The number of para-hydroxylation sites is 1. The van der Waals surface area contributed by atoms with Crippen molar-refractivity contribution in [1.82, 2.24) is 9.80 Å². The Bertz CT molecular complexity index is 1100. The summed E-state index contributed by atoms with van der Waals surface area (Å²) in [5, 5.41) is 2.20. The van der Waals surface area contributed by atoms with Gasteiger partial charge >= 0.3 is 0 Å². The number of benzene rings is 2. The molecule has 1 saturated heterocycles. The van der Waals surface area contributed by atoms with Crippen LogP contribution in [0.2, 0.25) is 5.02 Å². The van der Waals surface area contributed by atoms with Gasteiger partial charge < -0.3 is 14.2 Å². The number of hydrogen-bond donors (Lipinski definition) is 0. The van der Waals surface area contributed by atoms with Crippen molar-refractivity contribution < 1.29 is 18.2 Å². The fourth-order valence-corrected chi connectivity index (χ4v) is 4.70. The van der Waals surface area contributed by atoms with Gasteiger partial charge in [-0.1, -0.05) is 23.7 Å². The number of hydrogen-bond acceptors (Lipinski definition) is 4. The van der Waals surface area contributed by atoms with E-state index in [4.69, 9.17) is 16.0 Å². The minimum absolute atomic E-state index is 0.0106. The Hall–Kier alpha value is -2.38. The summed E-state index contributed by atoms with van der Waals surface area (Å²) in [5.74, 6) is -0.236. The van der Waals surface area contributed by atoms with Crippen molar-refractivity contribution in [1.29, 1.82) is 0 Å². The van der Waals surface area contributed by atoms with Gasteiger partial charge in [-0.3, -0.25) is 13.8 Å². The predicted molar refractivity (Wildman–Crippen MR) is 109 cm³/mol. The zero-order valence-electron chi connectivity index (χ0n) is 15.3. The van der Waals surface area contributed by atoms with Crippen molar-refractivity contribution >= 4 is 56.2 Å². The first kappa shape index (κ1) is 19.0. The molecule has 4 rings (SSSR count). The van der Waals surface area contributed by atoms with E-state index in [-0.39, 0.29) is 17.6 Å². The molecule has 1 aromatic heterocycles. The zero-order chi connectivity index (χ0) is 19.8. The van der Waals surface area contributed by atoms with Crippen molar-refractivity contribution in [3.8, 4) is 0 Å². The molecule has 1 aliphatic rings. The molecule has 2 aromatic carbocycles. The molecule has 146 valence electrons. The number of furan rings is 1. The number of carbonyl (C=O) groups is 2. The van der Waals surface area contributed by atoms with Gasteiger partial charge in [0.1, 0.15) is 11.3 Å². The fourth-order valence-electron chi connectivity index (χ4n) is 3.44. The first-order valence-electron chi connectivity index (χ1n) is 8.96. The molecule has 0 bridgehead atoms. The number of rotatable bonds is 3. The highest BCUT2D eigenvalue weighted by Gasteiger charge is 2.24. The molecular weight excluding hydrogens is 400 g/mol. The molecule has 1 fully saturated rings. The lowest BCUT2D eigenvalue weighted by Crippen LogP contribution is -2.51. The topological polar surface area (TPSA) is 70.8 Å². The summed E-state index contributed by atoms with van der Waals surface area (Å²) in [6.45, 7) is 3.50. The molecule has 2 amide bonds. The quantitative estimate of drug-likeness (QED) is 0.655. The van der Waals surface area contributed by atoms with Crippen LogP contribution in [0, 0.1) is 0 Å². The van der Waals surface area contributed by atoms with E-state index in [0.29, 0.717) is 47.3 Å². The van der Waals surface area contributed by atoms with Crippen molar-refractivity contribution in [3.05, 3.63) is 41.4 Å². The van der Waals surface area contributed by atoms with Crippen LogP contribution >= 0.6 is 11.6 Å². The van der Waals surface area contributed by atoms with E-state index in [0.717, 1.165) is 10.8 Å². The fraction of sp³-hybridized carbons (Fsp3) is 0.300. The molecule has 1 aliphatic heterocycles. The highest BCUT2D eigenvalue weighted by Crippen LogP contribution is 2.34. The largest absolute Gasteiger partial charge is 0.454 e. The first-order chi connectivity index (χ1) is 13.4. The minimum Gasteiger partial charge on any atom is -0.454 e. The summed E-state index contributed by atoms with van der Waals surface area (Å²) in [4.78, 5) is 27.9. The van der Waals surface area contributed by atoms with Crippen LogP contribution < -0.4 is 0 Å². The van der Waals surface area contributed by atoms with Gasteiger partial charge in [-0.15, -0.1) is 0 Å². The van der Waals surface area contributed by atoms with E-state index in [2.05, 4.69) is 0 Å². The van der Waals surface area contributed by atoms with Crippen molar-refractivity contribution in [2.45, 2.75) is 11.8 Å². The maximum absolute atomic E-state index is 12.8. The molecule has 2 heterocycles. The Morgan fingerprint density at radius 2 is 1.79 bits per heavy atom. The Kier molecular flexibility index (Phi) is 5.12. The molecule has 1 unspecified atom stereocenters. The minimum atomic E-state index is -1.47. The Morgan fingerprint density at radius 3 is 2.50 bits per heavy atom. The predicted octanol–water partition coefficient (Wildman–Crippen LogP) is 3.04. The van der Waals surface area contributed by atoms with Gasteiger partial charge in [0.2, 0.25) is 11.8 Å². The summed E-state index contributed by atoms with van der Waals surface area (Å²) in [6, 6.07) is 10.8. The third kappa shape index (κ3) is 3.52. The highest BCUT2D eigenvalue weighted by atomic mass is 35.5. The average molecular weight is 419 g/mol. The molecule has 1 atom stereocenters. The number of halogens is 1. The SMILES string of the molecule is CC(=O)N1CCN(C(=O)CS(=O)c2ccc3oc4c(Cl)cccc4c3c2)CC1. The monoisotopic (exact) mass is 418 g/mol. The van der Waals surface area contributed by atoms with E-state index in [9.17, 15) is 13.8 Å². The molecule has 0 aliphatic carbocycles. The molecule has 28 heavy (non-hydrogen) atoms. The van der Waals surface area contributed by atoms with Crippen LogP contribution in [-0.4, -0.2) is 57.8 Å². The summed E-state index contributed by atoms with van der Waals surface area (Å²) in [7, 11) is -1.47. The first-order valence-corrected chi connectivity index (χ1v) is 10.7. The highest BCUT2D eigenvalue weighted by molar-refractivity contribution is 7.85. The van der Waals surface area contributed by atoms with Crippen molar-refractivity contribution in [3.63, 3.8) is 0 Å². The zero-order valence-corrected chi connectivity index (χ0v) is 16.9. The Morgan fingerprint density at radius 1 is 1.07 bits per heavy atom. The number of carbonyl (C=O) groups excluding carboxylic acids is 2. The van der Waals surface area contributed by atoms with Gasteiger partial charge in [0.25, 0.3) is 0 Å². The summed E-state index contributed by atoms with van der Waals surface area (Å²) >= 11 is 6.19. The molecule has 0 radical (unpaired) electrons. The number of fused-ring (bicyclic) bond motifs is 3. The van der Waals surface area contributed by atoms with Gasteiger partial charge in [0, 0.05) is 48.8 Å². The number of piperazine rings is 1. The van der Waals surface area contributed by atoms with Gasteiger partial charge in [0.05, 0.1) is 15.8 Å². The van der Waals surface area contributed by atoms with Crippen LogP contribution in [0.1, 0.15) is 6.92 Å². The number of amides is 2. The van der Waals surface area contributed by atoms with Crippen LogP contribution in [0.4, 0.5) is 0 Å². The smallest absolute Gasteiger partial charge is 0.235 e. The normalized spacial score (nSPS) is 15.9. The van der Waals surface area contributed by atoms with Crippen molar-refractivity contribution in [2.75, 3.05) is 31.9 Å². The standard InChI is InChI=1S/C20H19ClN2O4S/c1-13(24)22-7-9-23(10-8-22)19(25)12-28(26)14-5-6-18-16(11-14)15-3-2-4-17(21)20(15)27-18/h2-6,11H,7-10,12H2,1H3. The van der Waals surface area contributed by atoms with Crippen molar-refractivity contribution in [2.24, 2.45) is 0 Å². The van der Waals surface area contributed by atoms with E-state index < -0.39 is 10.8 Å². The van der Waals surface area contributed by atoms with Crippen LogP contribution in [-0.2, 0) is 20.4 Å². The van der Waals surface area contributed by atoms with Crippen LogP contribution in [0.3, 0.4) is 0 Å². The average Bonchev–Trinajstić information content (AvgIpc) is 3.07. The van der Waals surface area contributed by atoms with E-state index in [1.54, 1.807) is 34.1 Å². The molecular formula is C20H19ClN2O4S. The summed E-state index contributed by atoms with van der Waals surface area (Å²) < 4.78 is 18.6. The molecule has 0 spiro atoms. The maximum atomic E-state index is 12.8. The van der Waals surface area contributed by atoms with Crippen LogP contribution in [0.25, 0.3) is 21.9 Å². The van der Waals surface area contributed by atoms with Crippen LogP contribution in [0.5, 0.6) is 0 Å².